The molecule has 0 saturated carbocycles. The summed E-state index contributed by atoms with van der Waals surface area (Å²) < 4.78 is 0. The molecule has 0 aromatic heterocycles. The van der Waals surface area contributed by atoms with Crippen molar-refractivity contribution in [1.82, 2.24) is 53.2 Å². The Morgan fingerprint density at radius 3 is 1.39 bits per heavy atom. The fourth-order valence-electron chi connectivity index (χ4n) is 9.34. The van der Waals surface area contributed by atoms with Crippen molar-refractivity contribution in [2.45, 2.75) is 268 Å². The maximum absolute atomic E-state index is 14.0. The van der Waals surface area contributed by atoms with E-state index in [2.05, 4.69) is 60.1 Å². The first-order valence-corrected chi connectivity index (χ1v) is 30.7. The number of carbonyl (C=O) groups excluding carboxylic acids is 13. The zero-order valence-corrected chi connectivity index (χ0v) is 51.7. The van der Waals surface area contributed by atoms with Gasteiger partial charge in [0.1, 0.15) is 54.4 Å². The zero-order chi connectivity index (χ0) is 66.5. The molecule has 1 aliphatic heterocycles. The lowest BCUT2D eigenvalue weighted by Crippen LogP contribution is -2.63. The van der Waals surface area contributed by atoms with Gasteiger partial charge in [0, 0.05) is 19.4 Å². The fraction of sp³-hybridized carbons (Fsp3) is 0.772. The highest BCUT2D eigenvalue weighted by Crippen LogP contribution is 2.16. The Kier molecular flexibility index (Phi) is 39.0. The molecule has 1 saturated heterocycles. The predicted molar refractivity (Wildman–Crippen MR) is 318 cm³/mol. The molecule has 31 heteroatoms. The minimum absolute atomic E-state index is 0.0179. The van der Waals surface area contributed by atoms with Gasteiger partial charge in [0.15, 0.2) is 0 Å². The number of amides is 13. The van der Waals surface area contributed by atoms with Crippen LogP contribution in [0, 0.1) is 0 Å². The lowest BCUT2D eigenvalue weighted by molar-refractivity contribution is -0.139. The minimum atomic E-state index is -2.15. The van der Waals surface area contributed by atoms with Gasteiger partial charge in [-0.25, -0.2) is 0 Å². The number of carbonyl (C=O) groups is 13. The highest BCUT2D eigenvalue weighted by atomic mass is 16.3. The summed E-state index contributed by atoms with van der Waals surface area (Å²) in [5.41, 5.74) is 16.1. The quantitative estimate of drug-likeness (QED) is 0.0293. The SMILES string of the molecule is CCCCCCCCCC(O)CCC1NC(=O)[C@H]([C@@H](C)O)NC(=O)[C@@H]([C@@H](C)O)NC(=O)C(CC(O)C(N)=O)NC(=O)[C@@H](C)NC(=O)[C@H](CC(N)=O)NC(=O)[C@@H](CC(N)=O)NC(=O)C(CCCCCCCC(O)CCCC)NC(=O)CCNC(=O)CNC1=O. The highest BCUT2D eigenvalue weighted by Gasteiger charge is 2.38. The summed E-state index contributed by atoms with van der Waals surface area (Å²) in [5, 5.41) is 76.2. The lowest BCUT2D eigenvalue weighted by atomic mass is 10.0. The first kappa shape index (κ1) is 78.9. The normalized spacial score (nSPS) is 24.1. The molecule has 0 aromatic rings. The van der Waals surface area contributed by atoms with E-state index < -0.39 is 188 Å². The molecule has 0 aromatic carbocycles. The third-order valence-electron chi connectivity index (χ3n) is 14.6. The van der Waals surface area contributed by atoms with Gasteiger partial charge in [-0.1, -0.05) is 104 Å². The summed E-state index contributed by atoms with van der Waals surface area (Å²) in [6.45, 7) is 6.23. The Balaban J connectivity index is 3.81. The molecule has 0 radical (unpaired) electrons. The van der Waals surface area contributed by atoms with Gasteiger partial charge >= 0.3 is 0 Å². The van der Waals surface area contributed by atoms with Gasteiger partial charge in [-0.05, 0) is 59.3 Å². The van der Waals surface area contributed by atoms with Gasteiger partial charge < -0.3 is 95.9 Å². The topological polar surface area (TPSA) is 521 Å². The molecule has 13 amide bonds. The van der Waals surface area contributed by atoms with Crippen LogP contribution in [0.3, 0.4) is 0 Å². The number of unbranched alkanes of at least 4 members (excludes halogenated alkanes) is 11. The van der Waals surface area contributed by atoms with Gasteiger partial charge in [-0.15, -0.1) is 0 Å². The maximum Gasteiger partial charge on any atom is 0.246 e. The first-order valence-electron chi connectivity index (χ1n) is 30.7. The molecule has 13 atom stereocenters. The number of nitrogens with two attached hydrogens (primary N) is 3. The molecule has 1 rings (SSSR count). The summed E-state index contributed by atoms with van der Waals surface area (Å²) in [5.74, 6) is -14.9. The smallest absolute Gasteiger partial charge is 0.246 e. The van der Waals surface area contributed by atoms with E-state index in [1.165, 1.54) is 0 Å². The van der Waals surface area contributed by atoms with Crippen LogP contribution in [0.1, 0.15) is 189 Å². The maximum atomic E-state index is 14.0. The van der Waals surface area contributed by atoms with Crippen LogP contribution in [0.5, 0.6) is 0 Å². The Hall–Kier alpha value is -7.09. The van der Waals surface area contributed by atoms with Crippen LogP contribution in [0.4, 0.5) is 0 Å². The molecule has 0 bridgehead atoms. The van der Waals surface area contributed by atoms with Crippen molar-refractivity contribution in [1.29, 1.82) is 0 Å². The average Bonchev–Trinajstić information content (AvgIpc) is 3.59. The summed E-state index contributed by atoms with van der Waals surface area (Å²) >= 11 is 0. The van der Waals surface area contributed by atoms with Crippen molar-refractivity contribution >= 4 is 76.8 Å². The fourth-order valence-corrected chi connectivity index (χ4v) is 9.34. The van der Waals surface area contributed by atoms with E-state index in [0.29, 0.717) is 44.9 Å². The number of rotatable bonds is 31. The molecule has 1 fully saturated rings. The van der Waals surface area contributed by atoms with Crippen molar-refractivity contribution in [3.63, 3.8) is 0 Å². The van der Waals surface area contributed by atoms with E-state index in [9.17, 15) is 87.9 Å². The van der Waals surface area contributed by atoms with Crippen molar-refractivity contribution in [3.05, 3.63) is 0 Å². The predicted octanol–water partition coefficient (Wildman–Crippen LogP) is -4.17. The van der Waals surface area contributed by atoms with Gasteiger partial charge in [0.25, 0.3) is 0 Å². The summed E-state index contributed by atoms with van der Waals surface area (Å²) in [6, 6.07) is -14.4. The van der Waals surface area contributed by atoms with E-state index in [1.807, 2.05) is 6.92 Å². The number of aliphatic hydroxyl groups excluding tert-OH is 5. The van der Waals surface area contributed by atoms with Crippen molar-refractivity contribution < 1.29 is 87.9 Å². The van der Waals surface area contributed by atoms with E-state index >= 15 is 0 Å². The first-order chi connectivity index (χ1) is 41.5. The van der Waals surface area contributed by atoms with E-state index in [-0.39, 0.29) is 25.8 Å². The molecule has 21 N–H and O–H groups in total. The highest BCUT2D eigenvalue weighted by molar-refractivity contribution is 6.00. The second-order valence-corrected chi connectivity index (χ2v) is 22.6. The Morgan fingerprint density at radius 2 is 0.864 bits per heavy atom. The van der Waals surface area contributed by atoms with Crippen LogP contribution >= 0.6 is 0 Å². The molecule has 502 valence electrons. The van der Waals surface area contributed by atoms with Gasteiger partial charge in [-0.3, -0.25) is 62.3 Å². The standard InChI is InChI=1S/C57H101N13O18/c1-6-8-10-11-12-14-18-22-36(74)24-25-38-51(82)62-31-46(79)61-27-26-45(78)64-37(23-19-16-13-15-17-21-35(73)20-9-7-2)52(83)67-41(30-44(59)77)54(85)68-40(29-43(58)76)53(84)63-32(3)50(81)66-39(28-42(75)49(60)80)55(86)69-48(34(5)72)57(88)70-47(33(4)71)56(87)65-38/h32-42,47-48,71-75H,6-31H2,1-5H3,(H2,58,76)(H2,59,77)(H2,60,80)(H,61,79)(H,62,82)(H,63,84)(H,64,78)(H,65,87)(H,66,81)(H,67,83)(H,68,85)(H,69,86)(H,70,88)/t32-,33-,34-,35?,36?,37?,38?,39?,40+,41-,42?,47+,48-/m1/s1. The second kappa shape index (κ2) is 43.5. The van der Waals surface area contributed by atoms with Crippen LogP contribution in [0.15, 0.2) is 0 Å². The molecule has 1 heterocycles. The summed E-state index contributed by atoms with van der Waals surface area (Å²) in [6.07, 6.45) is 2.74. The van der Waals surface area contributed by atoms with Crippen LogP contribution in [0.2, 0.25) is 0 Å². The third kappa shape index (κ3) is 33.3. The number of hydrogen-bond acceptors (Lipinski definition) is 18. The molecule has 0 aliphatic carbocycles. The molecule has 88 heavy (non-hydrogen) atoms. The third-order valence-corrected chi connectivity index (χ3v) is 14.6. The molecular formula is C57H101N13O18. The minimum Gasteiger partial charge on any atom is -0.393 e. The number of aliphatic hydroxyl groups is 5. The molecule has 31 nitrogen and oxygen atoms in total. The zero-order valence-electron chi connectivity index (χ0n) is 51.7. The number of nitrogens with one attached hydrogen (secondary N) is 10. The van der Waals surface area contributed by atoms with Gasteiger partial charge in [0.05, 0.1) is 43.8 Å². The molecule has 6 unspecified atom stereocenters. The Bertz CT molecular complexity index is 2280. The van der Waals surface area contributed by atoms with Crippen LogP contribution in [-0.2, 0) is 62.3 Å². The number of hydrogen-bond donors (Lipinski definition) is 18. The second-order valence-electron chi connectivity index (χ2n) is 22.6. The Morgan fingerprint density at radius 1 is 0.443 bits per heavy atom. The molecular weight excluding hydrogens is 1150 g/mol. The van der Waals surface area contributed by atoms with Crippen LogP contribution < -0.4 is 70.4 Å². The van der Waals surface area contributed by atoms with E-state index in [1.54, 1.807) is 0 Å². The molecule has 1 aliphatic rings. The van der Waals surface area contributed by atoms with Crippen LogP contribution in [-0.4, -0.2) is 194 Å². The summed E-state index contributed by atoms with van der Waals surface area (Å²) in [7, 11) is 0. The van der Waals surface area contributed by atoms with Gasteiger partial charge in [0.2, 0.25) is 76.8 Å². The van der Waals surface area contributed by atoms with Crippen molar-refractivity contribution in [3.8, 4) is 0 Å². The van der Waals surface area contributed by atoms with Crippen molar-refractivity contribution in [2.75, 3.05) is 13.1 Å². The average molecular weight is 1260 g/mol. The van der Waals surface area contributed by atoms with Crippen molar-refractivity contribution in [2.24, 2.45) is 17.2 Å². The summed E-state index contributed by atoms with van der Waals surface area (Å²) in [4.78, 5) is 174. The van der Waals surface area contributed by atoms with Gasteiger partial charge in [-0.2, -0.15) is 0 Å². The molecule has 0 spiro atoms. The van der Waals surface area contributed by atoms with Crippen LogP contribution in [0.25, 0.3) is 0 Å². The van der Waals surface area contributed by atoms with E-state index in [0.717, 1.165) is 85.0 Å². The monoisotopic (exact) mass is 1260 g/mol. The lowest BCUT2D eigenvalue weighted by Gasteiger charge is -2.29. The van der Waals surface area contributed by atoms with E-state index in [4.69, 9.17) is 17.2 Å². The Labute approximate surface area is 514 Å². The number of primary amides is 3. The largest absolute Gasteiger partial charge is 0.393 e.